The van der Waals surface area contributed by atoms with Crippen molar-refractivity contribution in [3.05, 3.63) is 138 Å². The fourth-order valence-electron chi connectivity index (χ4n) is 6.37. The normalized spacial score (nSPS) is 14.1. The van der Waals surface area contributed by atoms with Crippen LogP contribution < -0.4 is 20.7 Å². The van der Waals surface area contributed by atoms with E-state index in [0.29, 0.717) is 68.3 Å². The van der Waals surface area contributed by atoms with E-state index >= 15 is 0 Å². The lowest BCUT2D eigenvalue weighted by Crippen LogP contribution is -2.49. The predicted molar refractivity (Wildman–Crippen MR) is 256 cm³/mol. The molecule has 2 aromatic rings. The van der Waals surface area contributed by atoms with E-state index in [1.807, 2.05) is 24.3 Å². The van der Waals surface area contributed by atoms with E-state index in [1.165, 1.54) is 0 Å². The maximum absolute atomic E-state index is 13.3. The first-order valence-corrected chi connectivity index (χ1v) is 22.8. The molecular weight excluding hydrogens is 798 g/mol. The summed E-state index contributed by atoms with van der Waals surface area (Å²) in [4.78, 5) is 42.9. The van der Waals surface area contributed by atoms with E-state index in [1.54, 1.807) is 38.1 Å². The molecule has 338 valence electrons. The van der Waals surface area contributed by atoms with Crippen LogP contribution in [-0.2, 0) is 20.7 Å². The van der Waals surface area contributed by atoms with Crippen molar-refractivity contribution in [1.29, 1.82) is 0 Å². The Hall–Kier alpha value is -4.74. The van der Waals surface area contributed by atoms with E-state index in [4.69, 9.17) is 21.1 Å². The van der Waals surface area contributed by atoms with Crippen LogP contribution in [0, 0.1) is 0 Å². The van der Waals surface area contributed by atoms with Gasteiger partial charge in [0.1, 0.15) is 5.75 Å². The number of halogens is 1. The van der Waals surface area contributed by atoms with Crippen LogP contribution in [-0.4, -0.2) is 105 Å². The van der Waals surface area contributed by atoms with Gasteiger partial charge < -0.3 is 25.4 Å². The zero-order valence-electron chi connectivity index (χ0n) is 37.5. The molecule has 0 aliphatic carbocycles. The average Bonchev–Trinajstić information content (AvgIpc) is 3.27. The molecule has 1 fully saturated rings. The van der Waals surface area contributed by atoms with E-state index in [2.05, 4.69) is 106 Å². The molecule has 2 aromatic carbocycles. The summed E-state index contributed by atoms with van der Waals surface area (Å²) in [5.41, 5.74) is 0.505. The van der Waals surface area contributed by atoms with Gasteiger partial charge in [-0.1, -0.05) is 104 Å². The van der Waals surface area contributed by atoms with Gasteiger partial charge in [-0.05, 0) is 107 Å². The lowest BCUT2D eigenvalue weighted by molar-refractivity contribution is -0.134. The van der Waals surface area contributed by atoms with Gasteiger partial charge in [0.15, 0.2) is 5.60 Å². The maximum atomic E-state index is 13.3. The van der Waals surface area contributed by atoms with Crippen LogP contribution in [0.4, 0.5) is 0 Å². The van der Waals surface area contributed by atoms with Crippen molar-refractivity contribution in [3.63, 3.8) is 0 Å². The van der Waals surface area contributed by atoms with Gasteiger partial charge in [-0.3, -0.25) is 24.2 Å². The minimum Gasteiger partial charge on any atom is -0.478 e. The summed E-state index contributed by atoms with van der Waals surface area (Å²) in [5, 5.41) is 9.65. The van der Waals surface area contributed by atoms with Gasteiger partial charge in [-0.15, -0.1) is 0 Å². The quantitative estimate of drug-likeness (QED) is 0.0674. The molecule has 1 heterocycles. The summed E-state index contributed by atoms with van der Waals surface area (Å²) in [6.07, 6.45) is 33.8. The fourth-order valence-corrected chi connectivity index (χ4v) is 6.49. The molecule has 3 rings (SSSR count). The molecule has 3 N–H and O–H groups in total. The average molecular weight is 871 g/mol. The number of hydrogen-bond donors (Lipinski definition) is 3. The van der Waals surface area contributed by atoms with E-state index in [9.17, 15) is 14.4 Å². The van der Waals surface area contributed by atoms with E-state index in [-0.39, 0.29) is 17.7 Å². The number of hydrogen-bond acceptors (Lipinski definition) is 7. The van der Waals surface area contributed by atoms with E-state index in [0.717, 1.165) is 83.5 Å². The van der Waals surface area contributed by atoms with Gasteiger partial charge in [0.25, 0.3) is 11.8 Å². The van der Waals surface area contributed by atoms with Crippen LogP contribution in [0.3, 0.4) is 0 Å². The number of carbonyl (C=O) groups excluding carboxylic acids is 3. The Balaban J connectivity index is 1.31. The third-order valence-corrected chi connectivity index (χ3v) is 10.3. The van der Waals surface area contributed by atoms with Gasteiger partial charge in [0.05, 0.1) is 13.2 Å². The second kappa shape index (κ2) is 32.0. The van der Waals surface area contributed by atoms with Crippen molar-refractivity contribution in [3.8, 4) is 5.75 Å². The largest absolute Gasteiger partial charge is 0.478 e. The second-order valence-electron chi connectivity index (χ2n) is 15.6. The topological polar surface area (TPSA) is 112 Å². The Morgan fingerprint density at radius 3 is 1.84 bits per heavy atom. The highest BCUT2D eigenvalue weighted by atomic mass is 35.5. The first-order chi connectivity index (χ1) is 30.2. The molecule has 1 aliphatic heterocycles. The summed E-state index contributed by atoms with van der Waals surface area (Å²) in [6, 6.07) is 14.4. The minimum absolute atomic E-state index is 0.0406. The highest BCUT2D eigenvalue weighted by Crippen LogP contribution is 2.20. The number of allylic oxidation sites excluding steroid dienone is 12. The van der Waals surface area contributed by atoms with Crippen molar-refractivity contribution >= 4 is 29.3 Å². The summed E-state index contributed by atoms with van der Waals surface area (Å²) in [5.74, 6) is 0.272. The second-order valence-corrected chi connectivity index (χ2v) is 16.1. The zero-order valence-corrected chi connectivity index (χ0v) is 38.3. The molecular formula is C51H72ClN5O5. The van der Waals surface area contributed by atoms with Crippen LogP contribution >= 0.6 is 11.6 Å². The third kappa shape index (κ3) is 24.0. The molecule has 0 unspecified atom stereocenters. The first kappa shape index (κ1) is 51.6. The van der Waals surface area contributed by atoms with Crippen LogP contribution in [0.25, 0.3) is 0 Å². The van der Waals surface area contributed by atoms with Crippen LogP contribution in [0.2, 0.25) is 5.02 Å². The first-order valence-electron chi connectivity index (χ1n) is 22.5. The number of carbonyl (C=O) groups is 3. The van der Waals surface area contributed by atoms with Crippen molar-refractivity contribution < 1.29 is 23.9 Å². The molecule has 0 saturated carbocycles. The smallest absolute Gasteiger partial charge is 0.263 e. The molecule has 0 radical (unpaired) electrons. The molecule has 11 heteroatoms. The SMILES string of the molecule is CC/C=C\C/C=C\C/C=C\C/C=C\C/C=C\C/C=C\CCC(=O)NCCN(CCNC(=O)C(C)(C)Oc1ccc(CCNC(=O)c2ccc(Cl)cc2)cc1)CCN1CCOCC1. The number of morpholine rings is 1. The third-order valence-electron chi connectivity index (χ3n) is 10.1. The molecule has 1 saturated heterocycles. The van der Waals surface area contributed by atoms with Crippen LogP contribution in [0.1, 0.15) is 88.1 Å². The highest BCUT2D eigenvalue weighted by Gasteiger charge is 2.29. The molecule has 0 aromatic heterocycles. The number of rotatable bonds is 30. The molecule has 3 amide bonds. The Kier molecular flexibility index (Phi) is 26.6. The molecule has 0 atom stereocenters. The van der Waals surface area contributed by atoms with Crippen LogP contribution in [0.5, 0.6) is 5.75 Å². The number of nitrogens with zero attached hydrogens (tertiary/aromatic N) is 2. The number of amides is 3. The maximum Gasteiger partial charge on any atom is 0.263 e. The lowest BCUT2D eigenvalue weighted by Gasteiger charge is -2.30. The highest BCUT2D eigenvalue weighted by molar-refractivity contribution is 6.30. The Morgan fingerprint density at radius 2 is 1.26 bits per heavy atom. The van der Waals surface area contributed by atoms with Gasteiger partial charge >= 0.3 is 0 Å². The molecule has 1 aliphatic rings. The number of benzene rings is 2. The van der Waals surface area contributed by atoms with Crippen molar-refractivity contribution in [2.75, 3.05) is 72.1 Å². The lowest BCUT2D eigenvalue weighted by atomic mass is 10.1. The number of ether oxygens (including phenoxy) is 2. The molecule has 62 heavy (non-hydrogen) atoms. The van der Waals surface area contributed by atoms with Crippen molar-refractivity contribution in [2.24, 2.45) is 0 Å². The zero-order chi connectivity index (χ0) is 44.5. The molecule has 10 nitrogen and oxygen atoms in total. The van der Waals surface area contributed by atoms with Gasteiger partial charge in [0, 0.05) is 75.9 Å². The summed E-state index contributed by atoms with van der Waals surface area (Å²) >= 11 is 5.92. The Bertz CT molecular complexity index is 1740. The molecule has 0 bridgehead atoms. The monoisotopic (exact) mass is 870 g/mol. The van der Waals surface area contributed by atoms with E-state index < -0.39 is 5.60 Å². The van der Waals surface area contributed by atoms with Crippen molar-refractivity contribution in [1.82, 2.24) is 25.8 Å². The summed E-state index contributed by atoms with van der Waals surface area (Å²) in [6.45, 7) is 13.5. The molecule has 0 spiro atoms. The standard InChI is InChI=1S/C51H72ClN5O5/c1-4-5-6-7-8-9-10-11-12-13-14-15-16-17-18-19-20-21-22-23-48(58)53-34-36-56(38-39-57-40-42-61-43-41-57)37-35-55-50(60)51(2,3)62-47-30-24-44(25-31-47)32-33-54-49(59)45-26-28-46(52)29-27-45/h5-6,8-9,11-12,14-15,17-18,20-21,24-31H,4,7,10,13,16,19,22-23,32-43H2,1-3H3,(H,53,58)(H,54,59)(H,55,60)/b6-5-,9-8-,12-11-,15-14-,18-17-,21-20-. The fraction of sp³-hybridized carbons (Fsp3) is 0.471. The van der Waals surface area contributed by atoms with Gasteiger partial charge in [-0.25, -0.2) is 0 Å². The van der Waals surface area contributed by atoms with Gasteiger partial charge in [-0.2, -0.15) is 0 Å². The Morgan fingerprint density at radius 1 is 0.710 bits per heavy atom. The van der Waals surface area contributed by atoms with Crippen molar-refractivity contribution in [2.45, 2.75) is 84.2 Å². The Labute approximate surface area is 377 Å². The van der Waals surface area contributed by atoms with Gasteiger partial charge in [0.2, 0.25) is 5.91 Å². The predicted octanol–water partition coefficient (Wildman–Crippen LogP) is 8.81. The summed E-state index contributed by atoms with van der Waals surface area (Å²) in [7, 11) is 0. The summed E-state index contributed by atoms with van der Waals surface area (Å²) < 4.78 is 11.6. The number of nitrogens with one attached hydrogen (secondary N) is 3. The van der Waals surface area contributed by atoms with Crippen LogP contribution in [0.15, 0.2) is 121 Å². The minimum atomic E-state index is -1.09.